The maximum Gasteiger partial charge on any atom is 0.0564 e. The highest BCUT2D eigenvalue weighted by molar-refractivity contribution is 5.37. The van der Waals surface area contributed by atoms with E-state index >= 15 is 0 Å². The summed E-state index contributed by atoms with van der Waals surface area (Å²) in [5, 5.41) is 0. The second-order valence-electron chi connectivity index (χ2n) is 4.12. The summed E-state index contributed by atoms with van der Waals surface area (Å²) in [4.78, 5) is 8.68. The minimum Gasteiger partial charge on any atom is -0.399 e. The highest BCUT2D eigenvalue weighted by Gasteiger charge is 2.02. The number of hydrogen-bond acceptors (Lipinski definition) is 4. The van der Waals surface area contributed by atoms with Gasteiger partial charge in [-0.2, -0.15) is 0 Å². The molecule has 2 N–H and O–H groups in total. The van der Waals surface area contributed by atoms with Crippen molar-refractivity contribution in [3.8, 4) is 0 Å². The SMILES string of the molecule is CN(C)CCN(C)Cc1cc(N)ccn1. The molecular weight excluding hydrogens is 188 g/mol. The minimum absolute atomic E-state index is 0.779. The van der Waals surface area contributed by atoms with Gasteiger partial charge in [0.2, 0.25) is 0 Å². The van der Waals surface area contributed by atoms with Gasteiger partial charge in [-0.15, -0.1) is 0 Å². The van der Waals surface area contributed by atoms with Crippen LogP contribution in [0.4, 0.5) is 5.69 Å². The van der Waals surface area contributed by atoms with Crippen LogP contribution in [0, 0.1) is 0 Å². The van der Waals surface area contributed by atoms with Gasteiger partial charge < -0.3 is 10.6 Å². The van der Waals surface area contributed by atoms with Crippen molar-refractivity contribution in [3.63, 3.8) is 0 Å². The van der Waals surface area contributed by atoms with E-state index in [-0.39, 0.29) is 0 Å². The molecule has 0 aliphatic rings. The summed E-state index contributed by atoms with van der Waals surface area (Å²) in [7, 11) is 6.24. The Bertz CT molecular complexity index is 298. The quantitative estimate of drug-likeness (QED) is 0.772. The highest BCUT2D eigenvalue weighted by Crippen LogP contribution is 2.04. The highest BCUT2D eigenvalue weighted by atomic mass is 15.2. The molecule has 84 valence electrons. The summed E-state index contributed by atoms with van der Waals surface area (Å²) in [5.74, 6) is 0. The average molecular weight is 208 g/mol. The Hall–Kier alpha value is -1.13. The van der Waals surface area contributed by atoms with E-state index in [1.165, 1.54) is 0 Å². The van der Waals surface area contributed by atoms with Crippen LogP contribution < -0.4 is 5.73 Å². The van der Waals surface area contributed by atoms with Gasteiger partial charge in [0.05, 0.1) is 5.69 Å². The average Bonchev–Trinajstić information content (AvgIpc) is 2.15. The normalized spacial score (nSPS) is 11.3. The maximum absolute atomic E-state index is 5.69. The van der Waals surface area contributed by atoms with Crippen LogP contribution in [-0.4, -0.2) is 49.0 Å². The van der Waals surface area contributed by atoms with Crippen LogP contribution in [0.15, 0.2) is 18.3 Å². The Morgan fingerprint density at radius 1 is 1.27 bits per heavy atom. The van der Waals surface area contributed by atoms with E-state index in [1.807, 2.05) is 12.1 Å². The number of likely N-dealkylation sites (N-methyl/N-ethyl adjacent to an activating group) is 2. The molecular formula is C11H20N4. The Morgan fingerprint density at radius 2 is 2.00 bits per heavy atom. The number of nitrogens with two attached hydrogens (primary N) is 1. The molecule has 0 saturated carbocycles. The van der Waals surface area contributed by atoms with Crippen LogP contribution in [0.1, 0.15) is 5.69 Å². The lowest BCUT2D eigenvalue weighted by atomic mass is 10.3. The first kappa shape index (κ1) is 11.9. The van der Waals surface area contributed by atoms with E-state index in [0.29, 0.717) is 0 Å². The molecule has 0 spiro atoms. The molecule has 0 radical (unpaired) electrons. The van der Waals surface area contributed by atoms with E-state index in [1.54, 1.807) is 6.20 Å². The van der Waals surface area contributed by atoms with Gasteiger partial charge in [-0.1, -0.05) is 0 Å². The van der Waals surface area contributed by atoms with E-state index < -0.39 is 0 Å². The Kier molecular flexibility index (Phi) is 4.52. The number of anilines is 1. The molecule has 1 aromatic rings. The number of pyridine rings is 1. The molecule has 0 fully saturated rings. The summed E-state index contributed by atoms with van der Waals surface area (Å²) in [5.41, 5.74) is 7.49. The van der Waals surface area contributed by atoms with Crippen molar-refractivity contribution < 1.29 is 0 Å². The van der Waals surface area contributed by atoms with Gasteiger partial charge in [0, 0.05) is 31.5 Å². The van der Waals surface area contributed by atoms with E-state index in [4.69, 9.17) is 5.73 Å². The summed E-state index contributed by atoms with van der Waals surface area (Å²) >= 11 is 0. The second kappa shape index (κ2) is 5.68. The first-order valence-corrected chi connectivity index (χ1v) is 5.11. The molecule has 0 unspecified atom stereocenters. The summed E-state index contributed by atoms with van der Waals surface area (Å²) in [6.07, 6.45) is 1.75. The van der Waals surface area contributed by atoms with Crippen LogP contribution in [-0.2, 0) is 6.54 Å². The van der Waals surface area contributed by atoms with Crippen molar-refractivity contribution in [2.24, 2.45) is 0 Å². The van der Waals surface area contributed by atoms with Crippen molar-refractivity contribution in [2.45, 2.75) is 6.54 Å². The molecule has 1 rings (SSSR count). The van der Waals surface area contributed by atoms with Crippen molar-refractivity contribution in [2.75, 3.05) is 40.0 Å². The number of aromatic nitrogens is 1. The number of nitrogens with zero attached hydrogens (tertiary/aromatic N) is 3. The summed E-state index contributed by atoms with van der Waals surface area (Å²) in [6, 6.07) is 3.73. The van der Waals surface area contributed by atoms with Gasteiger partial charge in [-0.25, -0.2) is 0 Å². The Balaban J connectivity index is 2.40. The predicted molar refractivity (Wildman–Crippen MR) is 63.5 cm³/mol. The smallest absolute Gasteiger partial charge is 0.0564 e. The van der Waals surface area contributed by atoms with Crippen LogP contribution in [0.25, 0.3) is 0 Å². The first-order valence-electron chi connectivity index (χ1n) is 5.11. The lowest BCUT2D eigenvalue weighted by Gasteiger charge is -2.18. The van der Waals surface area contributed by atoms with Crippen LogP contribution >= 0.6 is 0 Å². The molecule has 1 aromatic heterocycles. The molecule has 15 heavy (non-hydrogen) atoms. The predicted octanol–water partition coefficient (Wildman–Crippen LogP) is 0.657. The number of nitrogen functional groups attached to an aromatic ring is 1. The van der Waals surface area contributed by atoms with E-state index in [9.17, 15) is 0 Å². The summed E-state index contributed by atoms with van der Waals surface area (Å²) < 4.78 is 0. The molecule has 0 aliphatic carbocycles. The molecule has 0 bridgehead atoms. The van der Waals surface area contributed by atoms with Gasteiger partial charge in [0.25, 0.3) is 0 Å². The fourth-order valence-corrected chi connectivity index (χ4v) is 1.31. The zero-order chi connectivity index (χ0) is 11.3. The lowest BCUT2D eigenvalue weighted by Crippen LogP contribution is -2.28. The molecule has 4 nitrogen and oxygen atoms in total. The third-order valence-corrected chi connectivity index (χ3v) is 2.20. The first-order chi connectivity index (χ1) is 7.08. The molecule has 0 atom stereocenters. The zero-order valence-electron chi connectivity index (χ0n) is 9.77. The van der Waals surface area contributed by atoms with Gasteiger partial charge in [0.1, 0.15) is 0 Å². The Labute approximate surface area is 91.7 Å². The maximum atomic E-state index is 5.69. The standard InChI is InChI=1S/C11H20N4/c1-14(2)6-7-15(3)9-11-8-10(12)4-5-13-11/h4-5,8H,6-7,9H2,1-3H3,(H2,12,13). The van der Waals surface area contributed by atoms with Gasteiger partial charge in [0.15, 0.2) is 0 Å². The molecule has 0 aromatic carbocycles. The van der Waals surface area contributed by atoms with Crippen molar-refractivity contribution in [1.29, 1.82) is 0 Å². The second-order valence-corrected chi connectivity index (χ2v) is 4.12. The third kappa shape index (κ3) is 4.76. The minimum atomic E-state index is 0.779. The van der Waals surface area contributed by atoms with E-state index in [0.717, 1.165) is 31.0 Å². The number of rotatable bonds is 5. The van der Waals surface area contributed by atoms with Crippen LogP contribution in [0.5, 0.6) is 0 Å². The van der Waals surface area contributed by atoms with E-state index in [2.05, 4.69) is 35.9 Å². The molecule has 4 heteroatoms. The van der Waals surface area contributed by atoms with Gasteiger partial charge in [-0.05, 0) is 33.3 Å². The monoisotopic (exact) mass is 208 g/mol. The lowest BCUT2D eigenvalue weighted by molar-refractivity contribution is 0.274. The molecule has 0 amide bonds. The van der Waals surface area contributed by atoms with Crippen LogP contribution in [0.3, 0.4) is 0 Å². The van der Waals surface area contributed by atoms with Crippen molar-refractivity contribution >= 4 is 5.69 Å². The molecule has 0 saturated heterocycles. The third-order valence-electron chi connectivity index (χ3n) is 2.20. The topological polar surface area (TPSA) is 45.4 Å². The fraction of sp³-hybridized carbons (Fsp3) is 0.545. The Morgan fingerprint density at radius 3 is 2.60 bits per heavy atom. The van der Waals surface area contributed by atoms with Gasteiger partial charge in [-0.3, -0.25) is 9.88 Å². The summed E-state index contributed by atoms with van der Waals surface area (Å²) in [6.45, 7) is 2.93. The molecule has 1 heterocycles. The largest absolute Gasteiger partial charge is 0.399 e. The number of hydrogen-bond donors (Lipinski definition) is 1. The van der Waals surface area contributed by atoms with Crippen LogP contribution in [0.2, 0.25) is 0 Å². The molecule has 0 aliphatic heterocycles. The van der Waals surface area contributed by atoms with Crippen molar-refractivity contribution in [3.05, 3.63) is 24.0 Å². The van der Waals surface area contributed by atoms with Gasteiger partial charge >= 0.3 is 0 Å². The zero-order valence-corrected chi connectivity index (χ0v) is 9.77. The van der Waals surface area contributed by atoms with Crippen molar-refractivity contribution in [1.82, 2.24) is 14.8 Å². The fourth-order valence-electron chi connectivity index (χ4n) is 1.31.